The molecule has 1 fully saturated rings. The van der Waals surface area contributed by atoms with Gasteiger partial charge in [-0.2, -0.15) is 0 Å². The second-order valence-corrected chi connectivity index (χ2v) is 5.68. The number of Topliss-reactive ketones (excluding diaryl/α,β-unsaturated/α-hetero) is 1. The van der Waals surface area contributed by atoms with E-state index in [0.717, 1.165) is 25.7 Å². The van der Waals surface area contributed by atoms with Crippen molar-refractivity contribution in [1.82, 2.24) is 0 Å². The van der Waals surface area contributed by atoms with Crippen molar-refractivity contribution in [2.45, 2.75) is 38.5 Å². The normalized spacial score (nSPS) is 21.8. The molecule has 0 N–H and O–H groups in total. The maximum atomic E-state index is 11.6. The van der Waals surface area contributed by atoms with Gasteiger partial charge in [-0.3, -0.25) is 4.79 Å². The molecule has 0 aromatic heterocycles. The van der Waals surface area contributed by atoms with E-state index in [1.165, 1.54) is 5.56 Å². The van der Waals surface area contributed by atoms with Gasteiger partial charge in [-0.25, -0.2) is 0 Å². The highest BCUT2D eigenvalue weighted by atomic mass is 35.5. The van der Waals surface area contributed by atoms with Crippen molar-refractivity contribution in [3.05, 3.63) is 33.8 Å². The lowest BCUT2D eigenvalue weighted by atomic mass is 9.89. The first-order valence-electron chi connectivity index (χ1n) is 6.05. The van der Waals surface area contributed by atoms with E-state index < -0.39 is 0 Å². The van der Waals surface area contributed by atoms with Crippen molar-refractivity contribution in [1.29, 1.82) is 0 Å². The molecule has 2 atom stereocenters. The summed E-state index contributed by atoms with van der Waals surface area (Å²) < 4.78 is 0. The monoisotopic (exact) mass is 270 g/mol. The van der Waals surface area contributed by atoms with Crippen LogP contribution in [0.3, 0.4) is 0 Å². The van der Waals surface area contributed by atoms with Gasteiger partial charge in [0, 0.05) is 12.3 Å². The van der Waals surface area contributed by atoms with Gasteiger partial charge in [0.05, 0.1) is 10.0 Å². The Morgan fingerprint density at radius 3 is 2.71 bits per heavy atom. The Balaban J connectivity index is 2.06. The van der Waals surface area contributed by atoms with Gasteiger partial charge < -0.3 is 0 Å². The van der Waals surface area contributed by atoms with Gasteiger partial charge in [0.25, 0.3) is 0 Å². The summed E-state index contributed by atoms with van der Waals surface area (Å²) in [6.45, 7) is 2.14. The summed E-state index contributed by atoms with van der Waals surface area (Å²) in [5, 5.41) is 1.17. The Morgan fingerprint density at radius 2 is 2.12 bits per heavy atom. The van der Waals surface area contributed by atoms with Gasteiger partial charge in [-0.1, -0.05) is 36.2 Å². The van der Waals surface area contributed by atoms with Gasteiger partial charge >= 0.3 is 0 Å². The molecule has 1 aromatic rings. The fraction of sp³-hybridized carbons (Fsp3) is 0.500. The topological polar surface area (TPSA) is 17.1 Å². The summed E-state index contributed by atoms with van der Waals surface area (Å²) in [7, 11) is 0. The lowest BCUT2D eigenvalue weighted by Crippen LogP contribution is -2.10. The van der Waals surface area contributed by atoms with Crippen LogP contribution in [0.2, 0.25) is 10.0 Å². The molecule has 17 heavy (non-hydrogen) atoms. The second kappa shape index (κ2) is 5.41. The first kappa shape index (κ1) is 12.9. The Hall–Kier alpha value is -0.530. The summed E-state index contributed by atoms with van der Waals surface area (Å²) in [5.74, 6) is 1.04. The molecular weight excluding hydrogens is 255 g/mol. The van der Waals surface area contributed by atoms with Crippen LogP contribution in [-0.2, 0) is 4.79 Å². The maximum Gasteiger partial charge on any atom is 0.135 e. The molecule has 0 amide bonds. The third-order valence-electron chi connectivity index (χ3n) is 3.58. The lowest BCUT2D eigenvalue weighted by molar-refractivity contribution is -0.120. The van der Waals surface area contributed by atoms with Crippen LogP contribution >= 0.6 is 23.2 Å². The Labute approximate surface area is 112 Å². The average molecular weight is 271 g/mol. The van der Waals surface area contributed by atoms with Crippen LogP contribution in [0, 0.1) is 5.92 Å². The van der Waals surface area contributed by atoms with Gasteiger partial charge in [0.2, 0.25) is 0 Å². The van der Waals surface area contributed by atoms with E-state index in [4.69, 9.17) is 23.2 Å². The number of ketones is 1. The van der Waals surface area contributed by atoms with E-state index >= 15 is 0 Å². The number of hydrogen-bond acceptors (Lipinski definition) is 1. The van der Waals surface area contributed by atoms with Crippen LogP contribution in [-0.4, -0.2) is 5.78 Å². The quantitative estimate of drug-likeness (QED) is 0.767. The van der Waals surface area contributed by atoms with Crippen LogP contribution in [0.1, 0.15) is 44.1 Å². The highest BCUT2D eigenvalue weighted by Crippen LogP contribution is 2.33. The minimum Gasteiger partial charge on any atom is -0.299 e. The maximum absolute atomic E-state index is 11.6. The first-order chi connectivity index (χ1) is 8.08. The van der Waals surface area contributed by atoms with Gasteiger partial charge in [-0.15, -0.1) is 0 Å². The molecule has 1 nitrogen and oxygen atoms in total. The third-order valence-corrected chi connectivity index (χ3v) is 4.32. The number of rotatable bonds is 3. The van der Waals surface area contributed by atoms with Gasteiger partial charge in [0.15, 0.2) is 0 Å². The summed E-state index contributed by atoms with van der Waals surface area (Å²) >= 11 is 11.9. The van der Waals surface area contributed by atoms with E-state index in [1.54, 1.807) is 0 Å². The van der Waals surface area contributed by atoms with E-state index in [0.29, 0.717) is 21.7 Å². The van der Waals surface area contributed by atoms with E-state index in [-0.39, 0.29) is 5.92 Å². The second-order valence-electron chi connectivity index (χ2n) is 4.87. The highest BCUT2D eigenvalue weighted by Gasteiger charge is 2.26. The number of carbonyl (C=O) groups excluding carboxylic acids is 1. The molecule has 0 heterocycles. The van der Waals surface area contributed by atoms with Gasteiger partial charge in [-0.05, 0) is 42.9 Å². The zero-order valence-electron chi connectivity index (χ0n) is 9.88. The zero-order valence-corrected chi connectivity index (χ0v) is 11.4. The smallest absolute Gasteiger partial charge is 0.135 e. The molecule has 0 radical (unpaired) electrons. The molecule has 1 aliphatic rings. The Morgan fingerprint density at radius 1 is 1.35 bits per heavy atom. The van der Waals surface area contributed by atoms with Crippen molar-refractivity contribution < 1.29 is 4.79 Å². The molecule has 0 bridgehead atoms. The summed E-state index contributed by atoms with van der Waals surface area (Å²) in [4.78, 5) is 11.6. The molecule has 2 rings (SSSR count). The molecule has 3 heteroatoms. The van der Waals surface area contributed by atoms with Crippen molar-refractivity contribution >= 4 is 29.0 Å². The SMILES string of the molecule is CC(CC1CCCC1=O)c1ccc(Cl)c(Cl)c1. The minimum atomic E-state index is 0.249. The van der Waals surface area contributed by atoms with Gasteiger partial charge in [0.1, 0.15) is 5.78 Å². The molecule has 1 aromatic carbocycles. The molecule has 92 valence electrons. The number of carbonyl (C=O) groups is 1. The fourth-order valence-corrected chi connectivity index (χ4v) is 2.83. The summed E-state index contributed by atoms with van der Waals surface area (Å²) in [6, 6.07) is 5.73. The van der Waals surface area contributed by atoms with E-state index in [9.17, 15) is 4.79 Å². The van der Waals surface area contributed by atoms with Crippen LogP contribution in [0.25, 0.3) is 0 Å². The molecule has 0 saturated heterocycles. The standard InChI is InChI=1S/C14H16Cl2O/c1-9(7-11-3-2-4-14(11)17)10-5-6-12(15)13(16)8-10/h5-6,8-9,11H,2-4,7H2,1H3. The fourth-order valence-electron chi connectivity index (χ4n) is 2.52. The van der Waals surface area contributed by atoms with Crippen molar-refractivity contribution in [3.63, 3.8) is 0 Å². The molecule has 0 spiro atoms. The average Bonchev–Trinajstić information content (AvgIpc) is 2.68. The molecular formula is C14H16Cl2O. The largest absolute Gasteiger partial charge is 0.299 e. The zero-order chi connectivity index (χ0) is 12.4. The molecule has 0 aliphatic heterocycles. The molecule has 1 saturated carbocycles. The minimum absolute atomic E-state index is 0.249. The predicted octanol–water partition coefficient (Wildman–Crippen LogP) is 4.86. The Kier molecular flexibility index (Phi) is 4.11. The third kappa shape index (κ3) is 3.02. The van der Waals surface area contributed by atoms with Crippen LogP contribution < -0.4 is 0 Å². The first-order valence-corrected chi connectivity index (χ1v) is 6.81. The van der Waals surface area contributed by atoms with Crippen molar-refractivity contribution in [2.75, 3.05) is 0 Å². The van der Waals surface area contributed by atoms with Crippen molar-refractivity contribution in [2.24, 2.45) is 5.92 Å². The highest BCUT2D eigenvalue weighted by molar-refractivity contribution is 6.42. The molecule has 2 unspecified atom stereocenters. The van der Waals surface area contributed by atoms with Crippen LogP contribution in [0.15, 0.2) is 18.2 Å². The summed E-state index contributed by atoms with van der Waals surface area (Å²) in [5.41, 5.74) is 1.17. The summed E-state index contributed by atoms with van der Waals surface area (Å²) in [6.07, 6.45) is 3.79. The van der Waals surface area contributed by atoms with Crippen molar-refractivity contribution in [3.8, 4) is 0 Å². The molecule has 1 aliphatic carbocycles. The number of benzene rings is 1. The van der Waals surface area contributed by atoms with E-state index in [1.807, 2.05) is 18.2 Å². The van der Waals surface area contributed by atoms with Crippen LogP contribution in [0.5, 0.6) is 0 Å². The lowest BCUT2D eigenvalue weighted by Gasteiger charge is -2.16. The van der Waals surface area contributed by atoms with E-state index in [2.05, 4.69) is 6.92 Å². The Bertz CT molecular complexity index is 428. The number of hydrogen-bond donors (Lipinski definition) is 0. The number of halogens is 2. The predicted molar refractivity (Wildman–Crippen MR) is 71.8 cm³/mol. The van der Waals surface area contributed by atoms with Crippen LogP contribution in [0.4, 0.5) is 0 Å².